The van der Waals surface area contributed by atoms with Crippen LogP contribution in [0.4, 0.5) is 8.78 Å². The van der Waals surface area contributed by atoms with Crippen LogP contribution in [0.2, 0.25) is 0 Å². The van der Waals surface area contributed by atoms with E-state index in [1.54, 1.807) is 24.3 Å². The Bertz CT molecular complexity index is 926. The first-order chi connectivity index (χ1) is 13.8. The van der Waals surface area contributed by atoms with Crippen LogP contribution in [0, 0.1) is 11.6 Å². The molecule has 2 aromatic carbocycles. The van der Waals surface area contributed by atoms with Crippen LogP contribution >= 0.6 is 0 Å². The molecule has 156 valence electrons. The van der Waals surface area contributed by atoms with Crippen LogP contribution in [-0.2, 0) is 27.1 Å². The van der Waals surface area contributed by atoms with Gasteiger partial charge in [0, 0.05) is 38.8 Å². The highest BCUT2D eigenvalue weighted by Gasteiger charge is 2.27. The van der Waals surface area contributed by atoms with Crippen molar-refractivity contribution < 1.29 is 22.0 Å². The minimum atomic E-state index is -3.41. The number of hydrogen-bond acceptors (Lipinski definition) is 4. The SMILES string of the molecule is O=C(CN1CCN(S(=O)(=O)Cc2ccccc2)CC1)NCc1cc(F)cc(F)c1. The Morgan fingerprint density at radius 1 is 0.931 bits per heavy atom. The van der Waals surface area contributed by atoms with E-state index in [1.807, 2.05) is 11.0 Å². The van der Waals surface area contributed by atoms with Crippen molar-refractivity contribution in [2.75, 3.05) is 32.7 Å². The van der Waals surface area contributed by atoms with Gasteiger partial charge in [-0.3, -0.25) is 9.69 Å². The van der Waals surface area contributed by atoms with Gasteiger partial charge in [0.25, 0.3) is 0 Å². The topological polar surface area (TPSA) is 69.7 Å². The molecule has 0 unspecified atom stereocenters. The van der Waals surface area contributed by atoms with E-state index >= 15 is 0 Å². The van der Waals surface area contributed by atoms with E-state index in [1.165, 1.54) is 16.4 Å². The molecule has 1 aliphatic rings. The lowest BCUT2D eigenvalue weighted by Crippen LogP contribution is -2.51. The molecule has 0 radical (unpaired) electrons. The zero-order chi connectivity index (χ0) is 20.9. The van der Waals surface area contributed by atoms with Gasteiger partial charge in [-0.1, -0.05) is 30.3 Å². The summed E-state index contributed by atoms with van der Waals surface area (Å²) in [6.07, 6.45) is 0. The van der Waals surface area contributed by atoms with E-state index in [0.717, 1.165) is 11.6 Å². The van der Waals surface area contributed by atoms with Gasteiger partial charge in [0.15, 0.2) is 0 Å². The Labute approximate surface area is 169 Å². The molecule has 1 saturated heterocycles. The predicted octanol–water partition coefficient (Wildman–Crippen LogP) is 1.73. The fourth-order valence-electron chi connectivity index (χ4n) is 3.21. The summed E-state index contributed by atoms with van der Waals surface area (Å²) in [5.74, 6) is -1.71. The molecule has 3 rings (SSSR count). The molecule has 9 heteroatoms. The van der Waals surface area contributed by atoms with Gasteiger partial charge in [-0.05, 0) is 23.3 Å². The Kier molecular flexibility index (Phi) is 6.94. The van der Waals surface area contributed by atoms with Crippen LogP contribution in [0.1, 0.15) is 11.1 Å². The minimum Gasteiger partial charge on any atom is -0.351 e. The first-order valence-electron chi connectivity index (χ1n) is 9.27. The van der Waals surface area contributed by atoms with Gasteiger partial charge in [-0.2, -0.15) is 4.31 Å². The van der Waals surface area contributed by atoms with Gasteiger partial charge in [0.2, 0.25) is 15.9 Å². The first-order valence-corrected chi connectivity index (χ1v) is 10.9. The van der Waals surface area contributed by atoms with Crippen molar-refractivity contribution in [2.24, 2.45) is 0 Å². The quantitative estimate of drug-likeness (QED) is 0.737. The highest BCUT2D eigenvalue weighted by Crippen LogP contribution is 2.13. The summed E-state index contributed by atoms with van der Waals surface area (Å²) in [5, 5.41) is 2.63. The molecule has 1 aliphatic heterocycles. The molecule has 0 atom stereocenters. The zero-order valence-electron chi connectivity index (χ0n) is 15.9. The van der Waals surface area contributed by atoms with E-state index < -0.39 is 21.7 Å². The Morgan fingerprint density at radius 2 is 1.55 bits per heavy atom. The van der Waals surface area contributed by atoms with Crippen LogP contribution in [0.15, 0.2) is 48.5 Å². The van der Waals surface area contributed by atoms with Crippen molar-refractivity contribution in [1.82, 2.24) is 14.5 Å². The van der Waals surface area contributed by atoms with Crippen molar-refractivity contribution in [3.63, 3.8) is 0 Å². The highest BCUT2D eigenvalue weighted by molar-refractivity contribution is 7.88. The summed E-state index contributed by atoms with van der Waals surface area (Å²) in [6, 6.07) is 12.1. The van der Waals surface area contributed by atoms with Crippen molar-refractivity contribution in [2.45, 2.75) is 12.3 Å². The molecule has 1 N–H and O–H groups in total. The van der Waals surface area contributed by atoms with Crippen molar-refractivity contribution in [3.05, 3.63) is 71.3 Å². The van der Waals surface area contributed by atoms with Gasteiger partial charge in [-0.15, -0.1) is 0 Å². The molecule has 0 bridgehead atoms. The molecule has 29 heavy (non-hydrogen) atoms. The van der Waals surface area contributed by atoms with Crippen molar-refractivity contribution in [1.29, 1.82) is 0 Å². The Hall–Kier alpha value is -2.36. The lowest BCUT2D eigenvalue weighted by Gasteiger charge is -2.33. The highest BCUT2D eigenvalue weighted by atomic mass is 32.2. The van der Waals surface area contributed by atoms with Crippen LogP contribution < -0.4 is 5.32 Å². The van der Waals surface area contributed by atoms with E-state index in [0.29, 0.717) is 31.7 Å². The molecule has 0 spiro atoms. The third-order valence-electron chi connectivity index (χ3n) is 4.70. The third kappa shape index (κ3) is 6.31. The molecule has 1 heterocycles. The fourth-order valence-corrected chi connectivity index (χ4v) is 4.73. The number of halogens is 2. The molecule has 0 aliphatic carbocycles. The number of rotatable bonds is 7. The van der Waals surface area contributed by atoms with Crippen molar-refractivity contribution >= 4 is 15.9 Å². The van der Waals surface area contributed by atoms with Gasteiger partial charge in [0.1, 0.15) is 11.6 Å². The number of nitrogens with one attached hydrogen (secondary N) is 1. The van der Waals surface area contributed by atoms with Crippen LogP contribution in [0.5, 0.6) is 0 Å². The number of carbonyl (C=O) groups is 1. The van der Waals surface area contributed by atoms with E-state index in [2.05, 4.69) is 5.32 Å². The summed E-state index contributed by atoms with van der Waals surface area (Å²) in [4.78, 5) is 14.0. The molecule has 0 aromatic heterocycles. The molecular formula is C20H23F2N3O3S. The number of benzene rings is 2. The van der Waals surface area contributed by atoms with Crippen LogP contribution in [0.25, 0.3) is 0 Å². The number of hydrogen-bond donors (Lipinski definition) is 1. The van der Waals surface area contributed by atoms with Crippen LogP contribution in [0.3, 0.4) is 0 Å². The zero-order valence-corrected chi connectivity index (χ0v) is 16.7. The van der Waals surface area contributed by atoms with Gasteiger partial charge in [-0.25, -0.2) is 17.2 Å². The average molecular weight is 423 g/mol. The molecule has 1 amide bonds. The standard InChI is InChI=1S/C20H23F2N3O3S/c21-18-10-17(11-19(22)12-18)13-23-20(26)14-24-6-8-25(9-7-24)29(27,28)15-16-4-2-1-3-5-16/h1-5,10-12H,6-9,13-15H2,(H,23,26). The molecule has 0 saturated carbocycles. The van der Waals surface area contributed by atoms with E-state index in [-0.39, 0.29) is 24.7 Å². The number of amides is 1. The Balaban J connectivity index is 1.45. The summed E-state index contributed by atoms with van der Waals surface area (Å²) in [5.41, 5.74) is 1.08. The monoisotopic (exact) mass is 423 g/mol. The van der Waals surface area contributed by atoms with Crippen molar-refractivity contribution in [3.8, 4) is 0 Å². The number of piperazine rings is 1. The number of carbonyl (C=O) groups excluding carboxylic acids is 1. The maximum absolute atomic E-state index is 13.2. The second kappa shape index (κ2) is 9.43. The second-order valence-electron chi connectivity index (χ2n) is 6.97. The number of sulfonamides is 1. The van der Waals surface area contributed by atoms with Crippen LogP contribution in [-0.4, -0.2) is 56.3 Å². The predicted molar refractivity (Wildman–Crippen MR) is 105 cm³/mol. The summed E-state index contributed by atoms with van der Waals surface area (Å²) in [6.45, 7) is 1.64. The molecule has 2 aromatic rings. The third-order valence-corrected chi connectivity index (χ3v) is 6.55. The first kappa shape index (κ1) is 21.4. The van der Waals surface area contributed by atoms with E-state index in [4.69, 9.17) is 0 Å². The molecule has 6 nitrogen and oxygen atoms in total. The fraction of sp³-hybridized carbons (Fsp3) is 0.350. The van der Waals surface area contributed by atoms with Gasteiger partial charge < -0.3 is 5.32 Å². The normalized spacial score (nSPS) is 15.9. The number of nitrogens with zero attached hydrogens (tertiary/aromatic N) is 2. The summed E-state index contributed by atoms with van der Waals surface area (Å²) < 4.78 is 52.9. The lowest BCUT2D eigenvalue weighted by molar-refractivity contribution is -0.122. The summed E-state index contributed by atoms with van der Waals surface area (Å²) in [7, 11) is -3.41. The second-order valence-corrected chi connectivity index (χ2v) is 8.94. The summed E-state index contributed by atoms with van der Waals surface area (Å²) >= 11 is 0. The molecule has 1 fully saturated rings. The van der Waals surface area contributed by atoms with Gasteiger partial charge >= 0.3 is 0 Å². The van der Waals surface area contributed by atoms with E-state index in [9.17, 15) is 22.0 Å². The Morgan fingerprint density at radius 3 is 2.17 bits per heavy atom. The minimum absolute atomic E-state index is 0.0267. The largest absolute Gasteiger partial charge is 0.351 e. The maximum Gasteiger partial charge on any atom is 0.234 e. The average Bonchev–Trinajstić information content (AvgIpc) is 2.66. The smallest absolute Gasteiger partial charge is 0.234 e. The molecular weight excluding hydrogens is 400 g/mol. The maximum atomic E-state index is 13.2. The van der Waals surface area contributed by atoms with Gasteiger partial charge in [0.05, 0.1) is 12.3 Å². The lowest BCUT2D eigenvalue weighted by atomic mass is 10.2.